The smallest absolute Gasteiger partial charge is 0.239 e. The minimum atomic E-state index is -0.374. The summed E-state index contributed by atoms with van der Waals surface area (Å²) in [6.45, 7) is 4.24. The van der Waals surface area contributed by atoms with Crippen molar-refractivity contribution in [3.63, 3.8) is 0 Å². The van der Waals surface area contributed by atoms with Crippen LogP contribution in [0.2, 0.25) is 0 Å². The molecule has 0 radical (unpaired) electrons. The zero-order valence-electron chi connectivity index (χ0n) is 10.0. The molecule has 2 rings (SSSR count). The average Bonchev–Trinajstić information content (AvgIpc) is 3.10. The predicted molar refractivity (Wildman–Crippen MR) is 61.9 cm³/mol. The van der Waals surface area contributed by atoms with Gasteiger partial charge in [-0.2, -0.15) is 0 Å². The van der Waals surface area contributed by atoms with Gasteiger partial charge in [-0.1, -0.05) is 0 Å². The second kappa shape index (κ2) is 5.15. The molecule has 0 aromatic rings. The van der Waals surface area contributed by atoms with Crippen molar-refractivity contribution in [2.24, 2.45) is 11.7 Å². The average molecular weight is 226 g/mol. The number of nitrogens with two attached hydrogens (primary N) is 1. The molecule has 0 aromatic carbocycles. The molecular weight excluding hydrogens is 204 g/mol. The van der Waals surface area contributed by atoms with Crippen molar-refractivity contribution in [3.8, 4) is 0 Å². The lowest BCUT2D eigenvalue weighted by Gasteiger charge is -2.35. The predicted octanol–water partition coefficient (Wildman–Crippen LogP) is 0.751. The molecule has 0 spiro atoms. The maximum Gasteiger partial charge on any atom is 0.239 e. The number of carbonyl (C=O) groups is 1. The molecule has 0 unspecified atom stereocenters. The minimum absolute atomic E-state index is 0.110. The summed E-state index contributed by atoms with van der Waals surface area (Å²) in [7, 11) is 0. The summed E-state index contributed by atoms with van der Waals surface area (Å²) in [4.78, 5) is 14.1. The summed E-state index contributed by atoms with van der Waals surface area (Å²) < 4.78 is 5.34. The van der Waals surface area contributed by atoms with E-state index in [4.69, 9.17) is 10.5 Å². The van der Waals surface area contributed by atoms with Gasteiger partial charge in [0.05, 0.1) is 6.04 Å². The molecular formula is C12H22N2O2. The maximum atomic E-state index is 12.1. The molecule has 92 valence electrons. The fraction of sp³-hybridized carbons (Fsp3) is 0.917. The van der Waals surface area contributed by atoms with Gasteiger partial charge in [0.25, 0.3) is 0 Å². The molecule has 4 nitrogen and oxygen atoms in total. The lowest BCUT2D eigenvalue weighted by molar-refractivity contribution is -0.136. The summed E-state index contributed by atoms with van der Waals surface area (Å²) >= 11 is 0. The highest BCUT2D eigenvalue weighted by Gasteiger charge is 2.32. The normalized spacial score (nSPS) is 24.1. The second-order valence-electron chi connectivity index (χ2n) is 5.07. The summed E-state index contributed by atoms with van der Waals surface area (Å²) in [6, 6.07) is -0.0190. The van der Waals surface area contributed by atoms with Crippen LogP contribution in [0.25, 0.3) is 0 Å². The van der Waals surface area contributed by atoms with Crippen molar-refractivity contribution in [2.75, 3.05) is 19.8 Å². The quantitative estimate of drug-likeness (QED) is 0.769. The van der Waals surface area contributed by atoms with E-state index in [1.165, 1.54) is 12.8 Å². The summed E-state index contributed by atoms with van der Waals surface area (Å²) in [6.07, 6.45) is 4.47. The lowest BCUT2D eigenvalue weighted by atomic mass is 10.1. The van der Waals surface area contributed by atoms with Gasteiger partial charge in [-0.25, -0.2) is 0 Å². The van der Waals surface area contributed by atoms with Gasteiger partial charge in [-0.15, -0.1) is 0 Å². The molecule has 4 heteroatoms. The Balaban J connectivity index is 1.96. The molecule has 1 aliphatic heterocycles. The van der Waals surface area contributed by atoms with Crippen LogP contribution in [0.15, 0.2) is 0 Å². The first kappa shape index (κ1) is 11.9. The van der Waals surface area contributed by atoms with Crippen LogP contribution in [0.3, 0.4) is 0 Å². The fourth-order valence-corrected chi connectivity index (χ4v) is 2.26. The van der Waals surface area contributed by atoms with Crippen molar-refractivity contribution in [1.29, 1.82) is 0 Å². The Bertz CT molecular complexity index is 245. The number of nitrogens with zero attached hydrogens (tertiary/aromatic N) is 1. The first-order valence-corrected chi connectivity index (χ1v) is 6.32. The molecule has 0 bridgehead atoms. The van der Waals surface area contributed by atoms with Crippen molar-refractivity contribution in [1.82, 2.24) is 4.90 Å². The zero-order chi connectivity index (χ0) is 11.5. The van der Waals surface area contributed by atoms with Crippen LogP contribution < -0.4 is 5.73 Å². The summed E-state index contributed by atoms with van der Waals surface area (Å²) in [5.41, 5.74) is 5.72. The molecule has 1 aliphatic carbocycles. The lowest BCUT2D eigenvalue weighted by Crippen LogP contribution is -2.50. The van der Waals surface area contributed by atoms with Gasteiger partial charge in [0.15, 0.2) is 0 Å². The Morgan fingerprint density at radius 3 is 2.50 bits per heavy atom. The second-order valence-corrected chi connectivity index (χ2v) is 5.07. The van der Waals surface area contributed by atoms with Crippen molar-refractivity contribution < 1.29 is 9.53 Å². The largest absolute Gasteiger partial charge is 0.381 e. The Kier molecular flexibility index (Phi) is 3.82. The van der Waals surface area contributed by atoms with Crippen molar-refractivity contribution in [3.05, 3.63) is 0 Å². The fourth-order valence-electron chi connectivity index (χ4n) is 2.26. The third-order valence-corrected chi connectivity index (χ3v) is 3.46. The molecule has 1 saturated carbocycles. The monoisotopic (exact) mass is 226 g/mol. The number of ether oxygens (including phenoxy) is 1. The maximum absolute atomic E-state index is 12.1. The van der Waals surface area contributed by atoms with Crippen molar-refractivity contribution in [2.45, 2.75) is 44.7 Å². The highest BCUT2D eigenvalue weighted by molar-refractivity contribution is 5.81. The molecule has 2 aliphatic rings. The SMILES string of the molecule is C[C@H](N)C(=O)N(CC1CC1)C1CCOCC1. The molecule has 16 heavy (non-hydrogen) atoms. The van der Waals surface area contributed by atoms with Gasteiger partial charge in [-0.05, 0) is 38.5 Å². The summed E-state index contributed by atoms with van der Waals surface area (Å²) in [5.74, 6) is 0.837. The number of hydrogen-bond acceptors (Lipinski definition) is 3. The molecule has 1 atom stereocenters. The van der Waals surface area contributed by atoms with Crippen LogP contribution in [-0.4, -0.2) is 42.6 Å². The van der Waals surface area contributed by atoms with Crippen molar-refractivity contribution >= 4 is 5.91 Å². The van der Waals surface area contributed by atoms with Crippen LogP contribution in [0.5, 0.6) is 0 Å². The third-order valence-electron chi connectivity index (χ3n) is 3.46. The topological polar surface area (TPSA) is 55.6 Å². The molecule has 1 amide bonds. The van der Waals surface area contributed by atoms with Crippen LogP contribution >= 0.6 is 0 Å². The Morgan fingerprint density at radius 2 is 2.00 bits per heavy atom. The number of amides is 1. The summed E-state index contributed by atoms with van der Waals surface area (Å²) in [5, 5.41) is 0. The number of rotatable bonds is 4. The number of hydrogen-bond donors (Lipinski definition) is 1. The van der Waals surface area contributed by atoms with E-state index in [0.29, 0.717) is 6.04 Å². The molecule has 0 aromatic heterocycles. The van der Waals surface area contributed by atoms with Gasteiger partial charge in [0.1, 0.15) is 0 Å². The van der Waals surface area contributed by atoms with E-state index >= 15 is 0 Å². The van der Waals surface area contributed by atoms with E-state index in [9.17, 15) is 4.79 Å². The van der Waals surface area contributed by atoms with Crippen LogP contribution in [-0.2, 0) is 9.53 Å². The van der Waals surface area contributed by atoms with E-state index in [2.05, 4.69) is 0 Å². The Morgan fingerprint density at radius 1 is 1.38 bits per heavy atom. The van der Waals surface area contributed by atoms with E-state index < -0.39 is 0 Å². The first-order chi connectivity index (χ1) is 7.68. The van der Waals surface area contributed by atoms with Gasteiger partial charge in [-0.3, -0.25) is 4.79 Å². The van der Waals surface area contributed by atoms with Gasteiger partial charge < -0.3 is 15.4 Å². The van der Waals surface area contributed by atoms with E-state index in [-0.39, 0.29) is 11.9 Å². The van der Waals surface area contributed by atoms with E-state index in [1.54, 1.807) is 6.92 Å². The third kappa shape index (κ3) is 2.95. The van der Waals surface area contributed by atoms with Crippen LogP contribution in [0.4, 0.5) is 0 Å². The first-order valence-electron chi connectivity index (χ1n) is 6.32. The Labute approximate surface area is 97.1 Å². The van der Waals surface area contributed by atoms with E-state index in [1.807, 2.05) is 4.90 Å². The van der Waals surface area contributed by atoms with Crippen LogP contribution in [0.1, 0.15) is 32.6 Å². The standard InChI is InChI=1S/C12H22N2O2/c1-9(13)12(15)14(8-10-2-3-10)11-4-6-16-7-5-11/h9-11H,2-8,13H2,1H3/t9-/m0/s1. The highest BCUT2D eigenvalue weighted by Crippen LogP contribution is 2.31. The molecule has 2 fully saturated rings. The van der Waals surface area contributed by atoms with Gasteiger partial charge in [0.2, 0.25) is 5.91 Å². The Hall–Kier alpha value is -0.610. The molecule has 1 heterocycles. The van der Waals surface area contributed by atoms with Gasteiger partial charge in [0, 0.05) is 25.8 Å². The van der Waals surface area contributed by atoms with Crippen LogP contribution in [0, 0.1) is 5.92 Å². The molecule has 2 N–H and O–H groups in total. The number of carbonyl (C=O) groups excluding carboxylic acids is 1. The zero-order valence-corrected chi connectivity index (χ0v) is 10.0. The van der Waals surface area contributed by atoms with Gasteiger partial charge >= 0.3 is 0 Å². The highest BCUT2D eigenvalue weighted by atomic mass is 16.5. The minimum Gasteiger partial charge on any atom is -0.381 e. The molecule has 1 saturated heterocycles. The van der Waals surface area contributed by atoms with E-state index in [0.717, 1.165) is 38.5 Å².